The van der Waals surface area contributed by atoms with Crippen LogP contribution in [-0.2, 0) is 4.79 Å². The van der Waals surface area contributed by atoms with Crippen LogP contribution >= 0.6 is 11.6 Å². The fourth-order valence-corrected chi connectivity index (χ4v) is 3.54. The molecule has 1 aliphatic heterocycles. The molecule has 138 valence electrons. The number of pyridine rings is 1. The van der Waals surface area contributed by atoms with Crippen molar-refractivity contribution in [2.45, 2.75) is 0 Å². The predicted molar refractivity (Wildman–Crippen MR) is 107 cm³/mol. The minimum Gasteiger partial charge on any atom is -0.483 e. The molecule has 0 spiro atoms. The van der Waals surface area contributed by atoms with E-state index >= 15 is 0 Å². The number of carbonyl (C=O) groups excluding carboxylic acids is 1. The maximum atomic E-state index is 12.6. The largest absolute Gasteiger partial charge is 0.483 e. The Morgan fingerprint density at radius 2 is 1.70 bits per heavy atom. The van der Waals surface area contributed by atoms with E-state index < -0.39 is 0 Å². The fraction of sp³-hybridized carbons (Fsp3) is 0.238. The maximum absolute atomic E-state index is 12.6. The number of piperazine rings is 1. The maximum Gasteiger partial charge on any atom is 0.260 e. The molecule has 6 heteroatoms. The van der Waals surface area contributed by atoms with E-state index in [1.165, 1.54) is 0 Å². The molecule has 5 nitrogen and oxygen atoms in total. The number of hydrogen-bond acceptors (Lipinski definition) is 4. The van der Waals surface area contributed by atoms with E-state index in [1.54, 1.807) is 12.3 Å². The number of anilines is 1. The summed E-state index contributed by atoms with van der Waals surface area (Å²) in [4.78, 5) is 21.0. The molecule has 4 rings (SSSR count). The topological polar surface area (TPSA) is 45.7 Å². The van der Waals surface area contributed by atoms with Gasteiger partial charge in [0.15, 0.2) is 6.61 Å². The lowest BCUT2D eigenvalue weighted by atomic mass is 10.1. The van der Waals surface area contributed by atoms with Crippen LogP contribution in [0.1, 0.15) is 0 Å². The Morgan fingerprint density at radius 1 is 0.963 bits per heavy atom. The molecule has 0 atom stereocenters. The molecule has 0 bridgehead atoms. The van der Waals surface area contributed by atoms with Crippen molar-refractivity contribution in [2.24, 2.45) is 0 Å². The van der Waals surface area contributed by atoms with Gasteiger partial charge in [-0.1, -0.05) is 41.9 Å². The zero-order valence-electron chi connectivity index (χ0n) is 14.8. The molecule has 0 N–H and O–H groups in total. The fourth-order valence-electron chi connectivity index (χ4n) is 3.32. The van der Waals surface area contributed by atoms with Crippen molar-refractivity contribution < 1.29 is 9.53 Å². The van der Waals surface area contributed by atoms with Gasteiger partial charge in [-0.25, -0.2) is 4.98 Å². The first kappa shape index (κ1) is 17.6. The summed E-state index contributed by atoms with van der Waals surface area (Å²) in [5, 5.41) is 2.51. The average molecular weight is 382 g/mol. The number of ether oxygens (including phenoxy) is 1. The highest BCUT2D eigenvalue weighted by atomic mass is 35.5. The lowest BCUT2D eigenvalue weighted by Crippen LogP contribution is -2.50. The Morgan fingerprint density at radius 3 is 2.44 bits per heavy atom. The molecule has 0 saturated carbocycles. The van der Waals surface area contributed by atoms with E-state index in [1.807, 2.05) is 53.4 Å². The number of rotatable bonds is 4. The van der Waals surface area contributed by atoms with Gasteiger partial charge in [0.2, 0.25) is 0 Å². The Labute approximate surface area is 163 Å². The van der Waals surface area contributed by atoms with Gasteiger partial charge in [-0.05, 0) is 24.3 Å². The van der Waals surface area contributed by atoms with Gasteiger partial charge in [0.05, 0.1) is 0 Å². The molecule has 2 heterocycles. The van der Waals surface area contributed by atoms with Crippen LogP contribution in [-0.4, -0.2) is 48.6 Å². The van der Waals surface area contributed by atoms with Crippen molar-refractivity contribution in [3.63, 3.8) is 0 Å². The van der Waals surface area contributed by atoms with Gasteiger partial charge in [-0.15, -0.1) is 0 Å². The normalized spacial score (nSPS) is 14.4. The van der Waals surface area contributed by atoms with E-state index in [0.29, 0.717) is 23.9 Å². The first-order valence-electron chi connectivity index (χ1n) is 8.96. The predicted octanol–water partition coefficient (Wildman–Crippen LogP) is 3.62. The monoisotopic (exact) mass is 381 g/mol. The van der Waals surface area contributed by atoms with Gasteiger partial charge in [-0.3, -0.25) is 4.79 Å². The minimum atomic E-state index is -0.00491. The third kappa shape index (κ3) is 3.83. The second-order valence-electron chi connectivity index (χ2n) is 6.44. The molecule has 3 aromatic rings. The van der Waals surface area contributed by atoms with E-state index in [2.05, 4.69) is 9.88 Å². The van der Waals surface area contributed by atoms with Crippen LogP contribution in [0.15, 0.2) is 60.8 Å². The number of halogens is 1. The molecule has 27 heavy (non-hydrogen) atoms. The first-order valence-corrected chi connectivity index (χ1v) is 9.34. The van der Waals surface area contributed by atoms with Crippen LogP contribution in [0.4, 0.5) is 5.82 Å². The molecule has 1 aliphatic rings. The summed E-state index contributed by atoms with van der Waals surface area (Å²) in [6.07, 6.45) is 1.79. The number of nitrogens with zero attached hydrogens (tertiary/aromatic N) is 3. The van der Waals surface area contributed by atoms with Gasteiger partial charge in [-0.2, -0.15) is 0 Å². The first-order chi connectivity index (χ1) is 13.2. The number of amides is 1. The molecule has 0 radical (unpaired) electrons. The number of fused-ring (bicyclic) bond motifs is 1. The summed E-state index contributed by atoms with van der Waals surface area (Å²) in [5.74, 6) is 1.62. The lowest BCUT2D eigenvalue weighted by Gasteiger charge is -2.35. The Balaban J connectivity index is 1.36. The minimum absolute atomic E-state index is 0.00491. The van der Waals surface area contributed by atoms with E-state index in [0.717, 1.165) is 29.7 Å². The molecular weight excluding hydrogens is 362 g/mol. The highest BCUT2D eigenvalue weighted by molar-refractivity contribution is 6.35. The van der Waals surface area contributed by atoms with Crippen LogP contribution < -0.4 is 9.64 Å². The third-order valence-corrected chi connectivity index (χ3v) is 5.12. The molecule has 1 aromatic heterocycles. The molecule has 2 aromatic carbocycles. The zero-order valence-corrected chi connectivity index (χ0v) is 15.6. The van der Waals surface area contributed by atoms with Crippen LogP contribution in [0, 0.1) is 0 Å². The highest BCUT2D eigenvalue weighted by Crippen LogP contribution is 2.31. The Bertz CT molecular complexity index is 941. The van der Waals surface area contributed by atoms with Gasteiger partial charge in [0.1, 0.15) is 11.6 Å². The van der Waals surface area contributed by atoms with Crippen LogP contribution in [0.3, 0.4) is 0 Å². The summed E-state index contributed by atoms with van der Waals surface area (Å²) in [6.45, 7) is 2.90. The SMILES string of the molecule is O=C(COc1ccc(Cl)c2ccccc12)N1CCN(c2ccccn2)CC1. The van der Waals surface area contributed by atoms with Gasteiger partial charge in [0, 0.05) is 48.2 Å². The van der Waals surface area contributed by atoms with Crippen molar-refractivity contribution in [1.82, 2.24) is 9.88 Å². The Kier molecular flexibility index (Phi) is 5.12. The summed E-state index contributed by atoms with van der Waals surface area (Å²) < 4.78 is 5.82. The van der Waals surface area contributed by atoms with E-state index in [-0.39, 0.29) is 12.5 Å². The zero-order chi connectivity index (χ0) is 18.6. The van der Waals surface area contributed by atoms with Crippen molar-refractivity contribution in [3.05, 3.63) is 65.8 Å². The van der Waals surface area contributed by atoms with Crippen LogP contribution in [0.2, 0.25) is 5.02 Å². The van der Waals surface area contributed by atoms with Crippen molar-refractivity contribution in [2.75, 3.05) is 37.7 Å². The molecule has 1 amide bonds. The number of hydrogen-bond donors (Lipinski definition) is 0. The molecule has 1 fully saturated rings. The van der Waals surface area contributed by atoms with Crippen molar-refractivity contribution in [1.29, 1.82) is 0 Å². The Hall–Kier alpha value is -2.79. The van der Waals surface area contributed by atoms with Crippen molar-refractivity contribution in [3.8, 4) is 5.75 Å². The lowest BCUT2D eigenvalue weighted by molar-refractivity contribution is -0.133. The quantitative estimate of drug-likeness (QED) is 0.692. The number of aromatic nitrogens is 1. The molecule has 0 aliphatic carbocycles. The second-order valence-corrected chi connectivity index (χ2v) is 6.84. The second kappa shape index (κ2) is 7.84. The molecule has 1 saturated heterocycles. The molecule has 0 unspecified atom stereocenters. The highest BCUT2D eigenvalue weighted by Gasteiger charge is 2.22. The van der Waals surface area contributed by atoms with Gasteiger partial charge < -0.3 is 14.5 Å². The molecular formula is C21H20ClN3O2. The smallest absolute Gasteiger partial charge is 0.260 e. The van der Waals surface area contributed by atoms with E-state index in [9.17, 15) is 4.79 Å². The number of carbonyl (C=O) groups is 1. The standard InChI is InChI=1S/C21H20ClN3O2/c22-18-8-9-19(17-6-2-1-5-16(17)18)27-15-21(26)25-13-11-24(12-14-25)20-7-3-4-10-23-20/h1-10H,11-15H2. The third-order valence-electron chi connectivity index (χ3n) is 4.79. The number of benzene rings is 2. The van der Waals surface area contributed by atoms with Crippen LogP contribution in [0.25, 0.3) is 10.8 Å². The van der Waals surface area contributed by atoms with E-state index in [4.69, 9.17) is 16.3 Å². The van der Waals surface area contributed by atoms with Gasteiger partial charge >= 0.3 is 0 Å². The average Bonchev–Trinajstić information content (AvgIpc) is 2.74. The van der Waals surface area contributed by atoms with Crippen molar-refractivity contribution >= 4 is 34.1 Å². The summed E-state index contributed by atoms with van der Waals surface area (Å²) in [7, 11) is 0. The summed E-state index contributed by atoms with van der Waals surface area (Å²) in [6, 6.07) is 17.3. The summed E-state index contributed by atoms with van der Waals surface area (Å²) >= 11 is 6.24. The van der Waals surface area contributed by atoms with Gasteiger partial charge in [0.25, 0.3) is 5.91 Å². The van der Waals surface area contributed by atoms with Crippen LogP contribution in [0.5, 0.6) is 5.75 Å². The summed E-state index contributed by atoms with van der Waals surface area (Å²) in [5.41, 5.74) is 0.